The van der Waals surface area contributed by atoms with E-state index in [1.54, 1.807) is 35.2 Å². The molecule has 3 aromatic rings. The maximum atomic E-state index is 5.95. The Balaban J connectivity index is 1.69. The summed E-state index contributed by atoms with van der Waals surface area (Å²) in [5.74, 6) is 1.24. The van der Waals surface area contributed by atoms with Crippen LogP contribution in [0.25, 0.3) is 0 Å². The van der Waals surface area contributed by atoms with Crippen molar-refractivity contribution in [3.8, 4) is 11.6 Å². The Kier molecular flexibility index (Phi) is 6.41. The monoisotopic (exact) mass is 405 g/mol. The largest absolute Gasteiger partial charge is 0.439 e. The van der Waals surface area contributed by atoms with Crippen molar-refractivity contribution >= 4 is 29.3 Å². The summed E-state index contributed by atoms with van der Waals surface area (Å²) in [6.07, 6.45) is 3.52. The molecule has 7 nitrogen and oxygen atoms in total. The molecule has 0 radical (unpaired) electrons. The summed E-state index contributed by atoms with van der Waals surface area (Å²) in [6, 6.07) is 7.14. The van der Waals surface area contributed by atoms with Crippen LogP contribution in [0.1, 0.15) is 35.2 Å². The van der Waals surface area contributed by atoms with Crippen LogP contribution in [0.2, 0.25) is 5.02 Å². The highest BCUT2D eigenvalue weighted by molar-refractivity contribution is 7.05. The van der Waals surface area contributed by atoms with E-state index in [1.807, 2.05) is 14.0 Å². The lowest BCUT2D eigenvalue weighted by molar-refractivity contribution is 0.133. The average molecular weight is 406 g/mol. The first-order valence-corrected chi connectivity index (χ1v) is 9.66. The molecule has 2 aromatic heterocycles. The lowest BCUT2D eigenvalue weighted by atomic mass is 10.2. The first-order chi connectivity index (χ1) is 13.1. The highest BCUT2D eigenvalue weighted by Crippen LogP contribution is 2.27. The van der Waals surface area contributed by atoms with Crippen molar-refractivity contribution in [3.05, 3.63) is 51.1 Å². The van der Waals surface area contributed by atoms with Crippen molar-refractivity contribution in [1.82, 2.24) is 19.4 Å². The highest BCUT2D eigenvalue weighted by atomic mass is 35.5. The third-order valence-corrected chi connectivity index (χ3v) is 4.80. The number of aryl methyl sites for hydroxylation is 3. The summed E-state index contributed by atoms with van der Waals surface area (Å²) in [5.41, 5.74) is 2.52. The Bertz CT molecular complexity index is 920. The second-order valence-electron chi connectivity index (χ2n) is 5.88. The molecule has 0 saturated heterocycles. The van der Waals surface area contributed by atoms with E-state index in [0.717, 1.165) is 34.7 Å². The minimum atomic E-state index is 0.343. The van der Waals surface area contributed by atoms with Gasteiger partial charge in [-0.25, -0.2) is 4.68 Å². The lowest BCUT2D eigenvalue weighted by Gasteiger charge is -2.07. The van der Waals surface area contributed by atoms with Crippen LogP contribution in [0.5, 0.6) is 11.6 Å². The SMILES string of the molecule is CCCc1nnsc1CO/N=C/c1c(C)nn(C)c1Oc1ccc(Cl)cc1. The maximum absolute atomic E-state index is 5.95. The minimum absolute atomic E-state index is 0.343. The molecular formula is C18H20ClN5O2S. The van der Waals surface area contributed by atoms with Crippen LogP contribution in [0.15, 0.2) is 29.4 Å². The van der Waals surface area contributed by atoms with E-state index in [4.69, 9.17) is 21.2 Å². The van der Waals surface area contributed by atoms with E-state index < -0.39 is 0 Å². The van der Waals surface area contributed by atoms with Gasteiger partial charge in [0.1, 0.15) is 5.75 Å². The third kappa shape index (κ3) is 4.84. The molecule has 142 valence electrons. The van der Waals surface area contributed by atoms with E-state index in [1.165, 1.54) is 11.5 Å². The van der Waals surface area contributed by atoms with E-state index >= 15 is 0 Å². The predicted molar refractivity (Wildman–Crippen MR) is 106 cm³/mol. The van der Waals surface area contributed by atoms with Crippen molar-refractivity contribution in [2.75, 3.05) is 0 Å². The zero-order chi connectivity index (χ0) is 19.2. The predicted octanol–water partition coefficient (Wildman–Crippen LogP) is 4.53. The number of hydrogen-bond acceptors (Lipinski definition) is 7. The molecule has 0 saturated carbocycles. The molecule has 0 aliphatic rings. The molecule has 2 heterocycles. The van der Waals surface area contributed by atoms with Gasteiger partial charge in [-0.15, -0.1) is 5.10 Å². The van der Waals surface area contributed by atoms with Crippen molar-refractivity contribution in [2.45, 2.75) is 33.3 Å². The molecular weight excluding hydrogens is 386 g/mol. The van der Waals surface area contributed by atoms with Crippen molar-refractivity contribution in [2.24, 2.45) is 12.2 Å². The van der Waals surface area contributed by atoms with Crippen molar-refractivity contribution in [3.63, 3.8) is 0 Å². The van der Waals surface area contributed by atoms with Gasteiger partial charge in [-0.05, 0) is 49.1 Å². The van der Waals surface area contributed by atoms with Gasteiger partial charge in [0.2, 0.25) is 5.88 Å². The summed E-state index contributed by atoms with van der Waals surface area (Å²) < 4.78 is 11.6. The summed E-state index contributed by atoms with van der Waals surface area (Å²) in [5, 5.41) is 13.2. The molecule has 0 bridgehead atoms. The Morgan fingerprint density at radius 1 is 1.30 bits per heavy atom. The Hall–Kier alpha value is -2.45. The summed E-state index contributed by atoms with van der Waals surface area (Å²) in [7, 11) is 1.82. The fraction of sp³-hybridized carbons (Fsp3) is 0.333. The van der Waals surface area contributed by atoms with Crippen LogP contribution < -0.4 is 4.74 Å². The van der Waals surface area contributed by atoms with Gasteiger partial charge >= 0.3 is 0 Å². The summed E-state index contributed by atoms with van der Waals surface area (Å²) in [6.45, 7) is 4.34. The van der Waals surface area contributed by atoms with Crippen LogP contribution in [-0.2, 0) is 24.9 Å². The fourth-order valence-corrected chi connectivity index (χ4v) is 3.20. The zero-order valence-electron chi connectivity index (χ0n) is 15.3. The van der Waals surface area contributed by atoms with Crippen molar-refractivity contribution < 1.29 is 9.57 Å². The molecule has 0 unspecified atom stereocenters. The van der Waals surface area contributed by atoms with E-state index in [2.05, 4.69) is 26.8 Å². The molecule has 1 aromatic carbocycles. The number of rotatable bonds is 8. The molecule has 0 aliphatic carbocycles. The lowest BCUT2D eigenvalue weighted by Crippen LogP contribution is -1.97. The van der Waals surface area contributed by atoms with Crippen LogP contribution in [0, 0.1) is 6.92 Å². The first-order valence-electron chi connectivity index (χ1n) is 8.51. The molecule has 27 heavy (non-hydrogen) atoms. The number of benzene rings is 1. The smallest absolute Gasteiger partial charge is 0.226 e. The average Bonchev–Trinajstić information content (AvgIpc) is 3.19. The second kappa shape index (κ2) is 8.96. The van der Waals surface area contributed by atoms with Crippen LogP contribution in [0.4, 0.5) is 0 Å². The number of ether oxygens (including phenoxy) is 1. The van der Waals surface area contributed by atoms with Gasteiger partial charge in [0, 0.05) is 12.1 Å². The number of aromatic nitrogens is 4. The quantitative estimate of drug-likeness (QED) is 0.406. The highest BCUT2D eigenvalue weighted by Gasteiger charge is 2.14. The molecule has 0 N–H and O–H groups in total. The Labute approximate surface area is 166 Å². The molecule has 0 aliphatic heterocycles. The van der Waals surface area contributed by atoms with Crippen molar-refractivity contribution in [1.29, 1.82) is 0 Å². The van der Waals surface area contributed by atoms with E-state index in [9.17, 15) is 0 Å². The third-order valence-electron chi connectivity index (χ3n) is 3.82. The van der Waals surface area contributed by atoms with Gasteiger partial charge in [-0.2, -0.15) is 5.10 Å². The number of nitrogens with zero attached hydrogens (tertiary/aromatic N) is 5. The zero-order valence-corrected chi connectivity index (χ0v) is 16.9. The van der Waals surface area contributed by atoms with Crippen LogP contribution in [0.3, 0.4) is 0 Å². The minimum Gasteiger partial charge on any atom is -0.439 e. The molecule has 0 amide bonds. The van der Waals surface area contributed by atoms with E-state index in [-0.39, 0.29) is 0 Å². The number of hydrogen-bond donors (Lipinski definition) is 0. The van der Waals surface area contributed by atoms with Gasteiger partial charge < -0.3 is 9.57 Å². The second-order valence-corrected chi connectivity index (χ2v) is 7.16. The maximum Gasteiger partial charge on any atom is 0.226 e. The van der Waals surface area contributed by atoms with Gasteiger partial charge in [-0.1, -0.05) is 34.6 Å². The molecule has 0 spiro atoms. The summed E-state index contributed by atoms with van der Waals surface area (Å²) in [4.78, 5) is 6.44. The topological polar surface area (TPSA) is 74.4 Å². The van der Waals surface area contributed by atoms with Crippen LogP contribution >= 0.6 is 23.1 Å². The number of halogens is 1. The fourth-order valence-electron chi connectivity index (χ4n) is 2.49. The Morgan fingerprint density at radius 2 is 2.07 bits per heavy atom. The molecule has 9 heteroatoms. The van der Waals surface area contributed by atoms with Gasteiger partial charge in [-0.3, -0.25) is 0 Å². The molecule has 0 atom stereocenters. The van der Waals surface area contributed by atoms with Crippen LogP contribution in [-0.4, -0.2) is 25.6 Å². The van der Waals surface area contributed by atoms with E-state index in [0.29, 0.717) is 23.3 Å². The Morgan fingerprint density at radius 3 is 2.81 bits per heavy atom. The molecule has 0 fully saturated rings. The first kappa shape index (κ1) is 19.3. The van der Waals surface area contributed by atoms with Gasteiger partial charge in [0.05, 0.1) is 28.0 Å². The molecule has 3 rings (SSSR count). The standard InChI is InChI=1S/C18H20ClN5O2S/c1-4-5-16-17(27-23-21-16)11-25-20-10-15-12(2)22-24(3)18(15)26-14-8-6-13(19)7-9-14/h6-10H,4-5,11H2,1-3H3/b20-10+. The number of oxime groups is 1. The summed E-state index contributed by atoms with van der Waals surface area (Å²) >= 11 is 7.26. The van der Waals surface area contributed by atoms with Gasteiger partial charge in [0.15, 0.2) is 6.61 Å². The normalized spacial score (nSPS) is 11.3. The van der Waals surface area contributed by atoms with Gasteiger partial charge in [0.25, 0.3) is 0 Å².